The SMILES string of the molecule is CC(C)c1ccc(NC(=O)c2c[c]ccc2O)c(Br)c1. The van der Waals surface area contributed by atoms with Gasteiger partial charge < -0.3 is 10.4 Å². The highest BCUT2D eigenvalue weighted by molar-refractivity contribution is 9.10. The molecule has 0 saturated heterocycles. The minimum atomic E-state index is -0.364. The summed E-state index contributed by atoms with van der Waals surface area (Å²) < 4.78 is 0.816. The fourth-order valence-corrected chi connectivity index (χ4v) is 2.28. The Morgan fingerprint density at radius 1 is 1.35 bits per heavy atom. The van der Waals surface area contributed by atoms with Gasteiger partial charge in [0.2, 0.25) is 0 Å². The molecule has 1 amide bonds. The van der Waals surface area contributed by atoms with Gasteiger partial charge in [-0.1, -0.05) is 26.0 Å². The third-order valence-corrected chi connectivity index (χ3v) is 3.65. The molecule has 0 atom stereocenters. The van der Waals surface area contributed by atoms with Gasteiger partial charge in [-0.15, -0.1) is 0 Å². The van der Waals surface area contributed by atoms with E-state index in [4.69, 9.17) is 0 Å². The first kappa shape index (κ1) is 14.6. The van der Waals surface area contributed by atoms with E-state index in [0.717, 1.165) is 4.47 Å². The molecule has 2 N–H and O–H groups in total. The highest BCUT2D eigenvalue weighted by Gasteiger charge is 2.12. The molecule has 0 unspecified atom stereocenters. The Bertz CT molecular complexity index is 638. The molecule has 0 bridgehead atoms. The second kappa shape index (κ2) is 6.09. The standard InChI is InChI=1S/C16H15BrNO2/c1-10(2)11-7-8-14(13(17)9-11)18-16(20)12-5-3-4-6-15(12)19/h4-10,19H,1-2H3,(H,18,20). The molecule has 2 aromatic carbocycles. The molecule has 0 aromatic heterocycles. The van der Waals surface area contributed by atoms with Crippen LogP contribution >= 0.6 is 15.9 Å². The van der Waals surface area contributed by atoms with Crippen molar-refractivity contribution in [1.82, 2.24) is 0 Å². The second-order valence-corrected chi connectivity index (χ2v) is 5.65. The van der Waals surface area contributed by atoms with E-state index in [1.165, 1.54) is 17.7 Å². The zero-order valence-electron chi connectivity index (χ0n) is 11.3. The van der Waals surface area contributed by atoms with Crippen LogP contribution < -0.4 is 5.32 Å². The predicted molar refractivity (Wildman–Crippen MR) is 83.1 cm³/mol. The molecular formula is C16H15BrNO2. The average Bonchev–Trinajstić information content (AvgIpc) is 2.41. The summed E-state index contributed by atoms with van der Waals surface area (Å²) in [7, 11) is 0. The number of amides is 1. The summed E-state index contributed by atoms with van der Waals surface area (Å²) in [6.07, 6.45) is 0. The number of anilines is 1. The number of rotatable bonds is 3. The number of phenolic OH excluding ortho intramolecular Hbond substituents is 1. The molecule has 103 valence electrons. The number of nitrogens with one attached hydrogen (secondary N) is 1. The molecule has 0 saturated carbocycles. The number of phenols is 1. The molecule has 4 heteroatoms. The maximum absolute atomic E-state index is 12.1. The van der Waals surface area contributed by atoms with Crippen molar-refractivity contribution in [2.45, 2.75) is 19.8 Å². The molecular weight excluding hydrogens is 318 g/mol. The summed E-state index contributed by atoms with van der Waals surface area (Å²) in [6, 6.07) is 13.0. The van der Waals surface area contributed by atoms with Crippen molar-refractivity contribution >= 4 is 27.5 Å². The molecule has 0 aliphatic carbocycles. The Labute approximate surface area is 126 Å². The summed E-state index contributed by atoms with van der Waals surface area (Å²) in [4.78, 5) is 12.1. The van der Waals surface area contributed by atoms with Gasteiger partial charge in [0.25, 0.3) is 5.91 Å². The Balaban J connectivity index is 2.22. The molecule has 3 nitrogen and oxygen atoms in total. The minimum Gasteiger partial charge on any atom is -0.507 e. The van der Waals surface area contributed by atoms with Crippen molar-refractivity contribution in [2.24, 2.45) is 0 Å². The first-order valence-corrected chi connectivity index (χ1v) is 7.08. The van der Waals surface area contributed by atoms with Crippen LogP contribution in [-0.4, -0.2) is 11.0 Å². The van der Waals surface area contributed by atoms with E-state index in [1.54, 1.807) is 6.07 Å². The second-order valence-electron chi connectivity index (χ2n) is 4.79. The molecule has 1 radical (unpaired) electrons. The number of hydrogen-bond donors (Lipinski definition) is 2. The van der Waals surface area contributed by atoms with Crippen LogP contribution in [-0.2, 0) is 0 Å². The number of carbonyl (C=O) groups is 1. The van der Waals surface area contributed by atoms with Crippen molar-refractivity contribution in [3.63, 3.8) is 0 Å². The first-order valence-electron chi connectivity index (χ1n) is 6.29. The van der Waals surface area contributed by atoms with Gasteiger partial charge in [0.15, 0.2) is 0 Å². The lowest BCUT2D eigenvalue weighted by atomic mass is 10.0. The third-order valence-electron chi connectivity index (χ3n) is 2.99. The van der Waals surface area contributed by atoms with Gasteiger partial charge in [0, 0.05) is 4.47 Å². The van der Waals surface area contributed by atoms with E-state index in [2.05, 4.69) is 41.2 Å². The normalized spacial score (nSPS) is 10.6. The summed E-state index contributed by atoms with van der Waals surface area (Å²) in [5.74, 6) is -0.00246. The molecule has 0 heterocycles. The monoisotopic (exact) mass is 332 g/mol. The van der Waals surface area contributed by atoms with Crippen LogP contribution in [0.15, 0.2) is 40.9 Å². The van der Waals surface area contributed by atoms with Gasteiger partial charge in [-0.05, 0) is 57.7 Å². The van der Waals surface area contributed by atoms with Gasteiger partial charge in [0.05, 0.1) is 11.3 Å². The van der Waals surface area contributed by atoms with E-state index in [-0.39, 0.29) is 17.2 Å². The van der Waals surface area contributed by atoms with Crippen LogP contribution in [0.25, 0.3) is 0 Å². The lowest BCUT2D eigenvalue weighted by molar-refractivity contribution is 0.102. The zero-order valence-corrected chi connectivity index (χ0v) is 12.9. The zero-order chi connectivity index (χ0) is 14.7. The lowest BCUT2D eigenvalue weighted by Crippen LogP contribution is -2.12. The first-order chi connectivity index (χ1) is 9.49. The Morgan fingerprint density at radius 3 is 2.70 bits per heavy atom. The van der Waals surface area contributed by atoms with Crippen LogP contribution in [0.1, 0.15) is 35.7 Å². The maximum atomic E-state index is 12.1. The van der Waals surface area contributed by atoms with Crippen molar-refractivity contribution in [1.29, 1.82) is 0 Å². The Morgan fingerprint density at radius 2 is 2.10 bits per heavy atom. The molecule has 20 heavy (non-hydrogen) atoms. The lowest BCUT2D eigenvalue weighted by Gasteiger charge is -2.11. The summed E-state index contributed by atoms with van der Waals surface area (Å²) in [5, 5.41) is 12.4. The van der Waals surface area contributed by atoms with E-state index in [9.17, 15) is 9.90 Å². The summed E-state index contributed by atoms with van der Waals surface area (Å²) in [6.45, 7) is 4.22. The smallest absolute Gasteiger partial charge is 0.259 e. The van der Waals surface area contributed by atoms with Crippen LogP contribution in [0.2, 0.25) is 0 Å². The van der Waals surface area contributed by atoms with Crippen LogP contribution in [0.5, 0.6) is 5.75 Å². The van der Waals surface area contributed by atoms with Crippen LogP contribution in [0.4, 0.5) is 5.69 Å². The van der Waals surface area contributed by atoms with Gasteiger partial charge in [0.1, 0.15) is 5.75 Å². The number of aromatic hydroxyl groups is 1. The number of halogens is 1. The summed E-state index contributed by atoms with van der Waals surface area (Å²) in [5.41, 5.74) is 2.06. The molecule has 0 aliphatic rings. The summed E-state index contributed by atoms with van der Waals surface area (Å²) >= 11 is 3.45. The van der Waals surface area contributed by atoms with Gasteiger partial charge in [-0.2, -0.15) is 0 Å². The number of carbonyl (C=O) groups excluding carboxylic acids is 1. The quantitative estimate of drug-likeness (QED) is 0.878. The van der Waals surface area contributed by atoms with E-state index < -0.39 is 0 Å². The highest BCUT2D eigenvalue weighted by atomic mass is 79.9. The van der Waals surface area contributed by atoms with E-state index >= 15 is 0 Å². The topological polar surface area (TPSA) is 49.3 Å². The van der Waals surface area contributed by atoms with Crippen molar-refractivity contribution < 1.29 is 9.90 Å². The van der Waals surface area contributed by atoms with Gasteiger partial charge in [-0.3, -0.25) is 4.79 Å². The number of benzene rings is 2. The highest BCUT2D eigenvalue weighted by Crippen LogP contribution is 2.28. The van der Waals surface area contributed by atoms with Crippen molar-refractivity contribution in [3.8, 4) is 5.75 Å². The van der Waals surface area contributed by atoms with Crippen LogP contribution in [0.3, 0.4) is 0 Å². The van der Waals surface area contributed by atoms with Crippen molar-refractivity contribution in [2.75, 3.05) is 5.32 Å². The molecule has 2 aromatic rings. The van der Waals surface area contributed by atoms with Crippen LogP contribution in [0, 0.1) is 6.07 Å². The number of hydrogen-bond acceptors (Lipinski definition) is 2. The molecule has 0 aliphatic heterocycles. The average molecular weight is 333 g/mol. The fourth-order valence-electron chi connectivity index (χ4n) is 1.79. The maximum Gasteiger partial charge on any atom is 0.259 e. The Hall–Kier alpha value is -1.81. The fraction of sp³-hybridized carbons (Fsp3) is 0.188. The van der Waals surface area contributed by atoms with E-state index in [1.807, 2.05) is 18.2 Å². The van der Waals surface area contributed by atoms with Crippen molar-refractivity contribution in [3.05, 3.63) is 58.1 Å². The van der Waals surface area contributed by atoms with Gasteiger partial charge >= 0.3 is 0 Å². The largest absolute Gasteiger partial charge is 0.507 e. The molecule has 0 fully saturated rings. The van der Waals surface area contributed by atoms with E-state index in [0.29, 0.717) is 11.6 Å². The Kier molecular flexibility index (Phi) is 4.45. The predicted octanol–water partition coefficient (Wildman–Crippen LogP) is 4.33. The molecule has 0 spiro atoms. The molecule has 2 rings (SSSR count). The third kappa shape index (κ3) is 3.20. The minimum absolute atomic E-state index is 0.0591. The van der Waals surface area contributed by atoms with Gasteiger partial charge in [-0.25, -0.2) is 0 Å².